The van der Waals surface area contributed by atoms with Gasteiger partial charge in [0.1, 0.15) is 6.10 Å². The number of ether oxygens (including phenoxy) is 1. The predicted octanol–water partition coefficient (Wildman–Crippen LogP) is 2.25. The van der Waals surface area contributed by atoms with E-state index in [1.54, 1.807) is 6.92 Å². The van der Waals surface area contributed by atoms with Gasteiger partial charge in [-0.1, -0.05) is 38.1 Å². The second kappa shape index (κ2) is 8.72. The Hall–Kier alpha value is -1.39. The van der Waals surface area contributed by atoms with E-state index in [4.69, 9.17) is 4.74 Å². The summed E-state index contributed by atoms with van der Waals surface area (Å²) >= 11 is 0. The quantitative estimate of drug-likeness (QED) is 0.767. The van der Waals surface area contributed by atoms with Crippen molar-refractivity contribution in [1.29, 1.82) is 0 Å². The van der Waals surface area contributed by atoms with Gasteiger partial charge < -0.3 is 15.2 Å². The van der Waals surface area contributed by atoms with Crippen LogP contribution in [-0.4, -0.2) is 23.7 Å². The van der Waals surface area contributed by atoms with Crippen LogP contribution in [0.1, 0.15) is 38.3 Å². The monoisotopic (exact) mass is 279 g/mol. The molecule has 0 aliphatic heterocycles. The molecule has 0 heterocycles. The Kier molecular flexibility index (Phi) is 7.26. The molecule has 1 rings (SSSR count). The molecule has 112 valence electrons. The van der Waals surface area contributed by atoms with Gasteiger partial charge in [-0.3, -0.25) is 4.79 Å². The predicted molar refractivity (Wildman–Crippen MR) is 79.1 cm³/mol. The van der Waals surface area contributed by atoms with E-state index in [2.05, 4.69) is 19.2 Å². The van der Waals surface area contributed by atoms with Gasteiger partial charge >= 0.3 is 0 Å². The summed E-state index contributed by atoms with van der Waals surface area (Å²) in [7, 11) is 0. The summed E-state index contributed by atoms with van der Waals surface area (Å²) in [6.07, 6.45) is 0.500. The smallest absolute Gasteiger partial charge is 0.249 e. The molecule has 0 saturated carbocycles. The number of carbonyl (C=O) groups is 1. The van der Waals surface area contributed by atoms with Crippen LogP contribution in [0.25, 0.3) is 0 Å². The van der Waals surface area contributed by atoms with Gasteiger partial charge in [-0.25, -0.2) is 0 Å². The SMILES string of the molecule is CC(C)CCOC(C)C(=O)NCc1ccccc1CO. The summed E-state index contributed by atoms with van der Waals surface area (Å²) in [6, 6.07) is 7.51. The summed E-state index contributed by atoms with van der Waals surface area (Å²) < 4.78 is 5.50. The molecular weight excluding hydrogens is 254 g/mol. The summed E-state index contributed by atoms with van der Waals surface area (Å²) in [5.74, 6) is 0.447. The van der Waals surface area contributed by atoms with Gasteiger partial charge in [-0.05, 0) is 30.4 Å². The fourth-order valence-electron chi connectivity index (χ4n) is 1.77. The van der Waals surface area contributed by atoms with Crippen LogP contribution in [0, 0.1) is 5.92 Å². The Morgan fingerprint density at radius 3 is 2.50 bits per heavy atom. The number of carbonyl (C=O) groups excluding carboxylic acids is 1. The molecule has 1 aromatic carbocycles. The van der Waals surface area contributed by atoms with Crippen LogP contribution in [-0.2, 0) is 22.7 Å². The van der Waals surface area contributed by atoms with Crippen molar-refractivity contribution in [3.05, 3.63) is 35.4 Å². The number of nitrogens with one attached hydrogen (secondary N) is 1. The third kappa shape index (κ3) is 5.72. The van der Waals surface area contributed by atoms with Gasteiger partial charge in [0.2, 0.25) is 5.91 Å². The molecule has 0 saturated heterocycles. The van der Waals surface area contributed by atoms with Crippen LogP contribution in [0.15, 0.2) is 24.3 Å². The summed E-state index contributed by atoms with van der Waals surface area (Å²) in [6.45, 7) is 6.99. The van der Waals surface area contributed by atoms with E-state index in [0.29, 0.717) is 19.1 Å². The Bertz CT molecular complexity index is 418. The van der Waals surface area contributed by atoms with Gasteiger partial charge in [-0.2, -0.15) is 0 Å². The molecule has 1 aromatic rings. The molecule has 0 radical (unpaired) electrons. The standard InChI is InChI=1S/C16H25NO3/c1-12(2)8-9-20-13(3)16(19)17-10-14-6-4-5-7-15(14)11-18/h4-7,12-13,18H,8-11H2,1-3H3,(H,17,19). The minimum absolute atomic E-state index is 0.0213. The molecule has 1 unspecified atom stereocenters. The van der Waals surface area contributed by atoms with Crippen molar-refractivity contribution in [2.75, 3.05) is 6.61 Å². The fourth-order valence-corrected chi connectivity index (χ4v) is 1.77. The van der Waals surface area contributed by atoms with Crippen molar-refractivity contribution < 1.29 is 14.6 Å². The van der Waals surface area contributed by atoms with Crippen molar-refractivity contribution in [1.82, 2.24) is 5.32 Å². The van der Waals surface area contributed by atoms with Gasteiger partial charge in [0, 0.05) is 13.2 Å². The van der Waals surface area contributed by atoms with Crippen LogP contribution in [0.5, 0.6) is 0 Å². The van der Waals surface area contributed by atoms with Crippen LogP contribution in [0.4, 0.5) is 0 Å². The third-order valence-corrected chi connectivity index (χ3v) is 3.17. The number of benzene rings is 1. The number of hydrogen-bond donors (Lipinski definition) is 2. The molecule has 1 amide bonds. The lowest BCUT2D eigenvalue weighted by atomic mass is 10.1. The molecule has 0 spiro atoms. The summed E-state index contributed by atoms with van der Waals surface area (Å²) in [5.41, 5.74) is 1.76. The molecule has 0 aliphatic rings. The zero-order valence-corrected chi connectivity index (χ0v) is 12.6. The van der Waals surface area contributed by atoms with E-state index in [9.17, 15) is 9.90 Å². The van der Waals surface area contributed by atoms with Crippen molar-refractivity contribution in [2.24, 2.45) is 5.92 Å². The Morgan fingerprint density at radius 2 is 1.90 bits per heavy atom. The zero-order valence-electron chi connectivity index (χ0n) is 12.6. The largest absolute Gasteiger partial charge is 0.392 e. The molecule has 0 aromatic heterocycles. The topological polar surface area (TPSA) is 58.6 Å². The summed E-state index contributed by atoms with van der Waals surface area (Å²) in [4.78, 5) is 11.9. The number of amides is 1. The first-order valence-corrected chi connectivity index (χ1v) is 7.11. The fraction of sp³-hybridized carbons (Fsp3) is 0.562. The van der Waals surface area contributed by atoms with Crippen LogP contribution >= 0.6 is 0 Å². The van der Waals surface area contributed by atoms with E-state index >= 15 is 0 Å². The molecule has 2 N–H and O–H groups in total. The lowest BCUT2D eigenvalue weighted by molar-refractivity contribution is -0.132. The van der Waals surface area contributed by atoms with Crippen LogP contribution < -0.4 is 5.32 Å². The van der Waals surface area contributed by atoms with E-state index in [-0.39, 0.29) is 12.5 Å². The average molecular weight is 279 g/mol. The van der Waals surface area contributed by atoms with Crippen molar-refractivity contribution in [3.63, 3.8) is 0 Å². The first-order chi connectivity index (χ1) is 9.54. The lowest BCUT2D eigenvalue weighted by Crippen LogP contribution is -2.34. The van der Waals surface area contributed by atoms with Gasteiger partial charge in [-0.15, -0.1) is 0 Å². The maximum absolute atomic E-state index is 11.9. The highest BCUT2D eigenvalue weighted by Gasteiger charge is 2.13. The number of hydrogen-bond acceptors (Lipinski definition) is 3. The number of rotatable bonds is 8. The first-order valence-electron chi connectivity index (χ1n) is 7.11. The third-order valence-electron chi connectivity index (χ3n) is 3.17. The molecule has 0 bridgehead atoms. The summed E-state index contributed by atoms with van der Waals surface area (Å²) in [5, 5.41) is 12.1. The molecule has 0 fully saturated rings. The molecule has 4 heteroatoms. The van der Waals surface area contributed by atoms with Crippen molar-refractivity contribution in [2.45, 2.75) is 46.4 Å². The van der Waals surface area contributed by atoms with E-state index in [1.165, 1.54) is 0 Å². The average Bonchev–Trinajstić information content (AvgIpc) is 2.44. The first kappa shape index (κ1) is 16.7. The minimum atomic E-state index is -0.449. The Labute approximate surface area is 121 Å². The van der Waals surface area contributed by atoms with Crippen molar-refractivity contribution in [3.8, 4) is 0 Å². The van der Waals surface area contributed by atoms with Crippen LogP contribution in [0.2, 0.25) is 0 Å². The van der Waals surface area contributed by atoms with Gasteiger partial charge in [0.25, 0.3) is 0 Å². The normalized spacial score (nSPS) is 12.4. The van der Waals surface area contributed by atoms with Crippen molar-refractivity contribution >= 4 is 5.91 Å². The molecule has 20 heavy (non-hydrogen) atoms. The van der Waals surface area contributed by atoms with E-state index in [1.807, 2.05) is 24.3 Å². The highest BCUT2D eigenvalue weighted by Crippen LogP contribution is 2.08. The molecular formula is C16H25NO3. The Balaban J connectivity index is 2.38. The zero-order chi connectivity index (χ0) is 15.0. The van der Waals surface area contributed by atoms with Gasteiger partial charge in [0.15, 0.2) is 0 Å². The highest BCUT2D eigenvalue weighted by molar-refractivity contribution is 5.80. The number of aliphatic hydroxyl groups excluding tert-OH is 1. The maximum Gasteiger partial charge on any atom is 0.249 e. The second-order valence-electron chi connectivity index (χ2n) is 5.34. The lowest BCUT2D eigenvalue weighted by Gasteiger charge is -2.15. The van der Waals surface area contributed by atoms with E-state index < -0.39 is 6.10 Å². The maximum atomic E-state index is 11.9. The molecule has 1 atom stereocenters. The molecule has 0 aliphatic carbocycles. The van der Waals surface area contributed by atoms with Crippen LogP contribution in [0.3, 0.4) is 0 Å². The Morgan fingerprint density at radius 1 is 1.25 bits per heavy atom. The molecule has 4 nitrogen and oxygen atoms in total. The van der Waals surface area contributed by atoms with E-state index in [0.717, 1.165) is 17.5 Å². The second-order valence-corrected chi connectivity index (χ2v) is 5.34. The minimum Gasteiger partial charge on any atom is -0.392 e. The van der Waals surface area contributed by atoms with Gasteiger partial charge in [0.05, 0.1) is 6.61 Å². The number of aliphatic hydroxyl groups is 1. The highest BCUT2D eigenvalue weighted by atomic mass is 16.5.